The summed E-state index contributed by atoms with van der Waals surface area (Å²) in [7, 11) is 3.03. The van der Waals surface area contributed by atoms with Gasteiger partial charge in [0.05, 0.1) is 13.7 Å². The minimum absolute atomic E-state index is 0.0227. The summed E-state index contributed by atoms with van der Waals surface area (Å²) in [6.45, 7) is 2.75. The molecule has 0 saturated heterocycles. The molecule has 26 heavy (non-hydrogen) atoms. The average Bonchev–Trinajstić information content (AvgIpc) is 2.99. The van der Waals surface area contributed by atoms with Crippen LogP contribution >= 0.6 is 0 Å². The maximum atomic E-state index is 13.0. The molecule has 1 aromatic heterocycles. The van der Waals surface area contributed by atoms with Gasteiger partial charge in [-0.25, -0.2) is 4.99 Å². The number of aryl methyl sites for hydroxylation is 1. The topological polar surface area (TPSA) is 63.5 Å². The quantitative estimate of drug-likeness (QED) is 0.607. The van der Waals surface area contributed by atoms with Gasteiger partial charge in [-0.15, -0.1) is 0 Å². The highest BCUT2D eigenvalue weighted by atomic mass is 19.4. The summed E-state index contributed by atoms with van der Waals surface area (Å²) in [4.78, 5) is 4.24. The number of nitrogens with zero attached hydrogens (tertiary/aromatic N) is 3. The van der Waals surface area contributed by atoms with Gasteiger partial charge in [0.1, 0.15) is 5.75 Å². The van der Waals surface area contributed by atoms with Crippen molar-refractivity contribution in [3.63, 3.8) is 0 Å². The van der Waals surface area contributed by atoms with E-state index in [0.29, 0.717) is 19.0 Å². The van der Waals surface area contributed by atoms with Crippen LogP contribution < -0.4 is 15.4 Å². The van der Waals surface area contributed by atoms with Gasteiger partial charge in [0.2, 0.25) is 0 Å². The first-order valence-electron chi connectivity index (χ1n) is 8.09. The molecule has 0 amide bonds. The van der Waals surface area contributed by atoms with Gasteiger partial charge >= 0.3 is 6.18 Å². The number of rotatable bonds is 6. The highest BCUT2D eigenvalue weighted by Gasteiger charge is 2.36. The Bertz CT molecular complexity index is 755. The molecule has 0 radical (unpaired) electrons. The molecular formula is C17H22F3N5O. The lowest BCUT2D eigenvalue weighted by atomic mass is 10.2. The molecule has 6 nitrogen and oxygen atoms in total. The lowest BCUT2D eigenvalue weighted by molar-refractivity contribution is -0.142. The number of ether oxygens (including phenoxy) is 1. The van der Waals surface area contributed by atoms with Crippen LogP contribution in [0.3, 0.4) is 0 Å². The number of halogens is 3. The predicted molar refractivity (Wildman–Crippen MR) is 92.9 cm³/mol. The minimum atomic E-state index is -4.50. The number of nitrogens with one attached hydrogen (secondary N) is 2. The second-order valence-corrected chi connectivity index (χ2v) is 5.53. The van der Waals surface area contributed by atoms with E-state index in [0.717, 1.165) is 16.0 Å². The van der Waals surface area contributed by atoms with Gasteiger partial charge in [0, 0.05) is 37.5 Å². The smallest absolute Gasteiger partial charge is 0.435 e. The standard InChI is InChI=1S/C17H22F3N5O/c1-4-21-16(22-9-12-7-5-6-8-14(12)26-3)23-10-13-11-25(2)24-15(13)17(18,19)20/h5-8,11H,4,9-10H2,1-3H3,(H2,21,22,23). The fourth-order valence-electron chi connectivity index (χ4n) is 2.43. The van der Waals surface area contributed by atoms with Crippen LogP contribution in [0.25, 0.3) is 0 Å². The molecule has 142 valence electrons. The zero-order valence-electron chi connectivity index (χ0n) is 14.9. The first kappa shape index (κ1) is 19.6. The van der Waals surface area contributed by atoms with Crippen molar-refractivity contribution < 1.29 is 17.9 Å². The Kier molecular flexibility index (Phi) is 6.48. The van der Waals surface area contributed by atoms with Crippen LogP contribution in [0.5, 0.6) is 5.75 Å². The highest BCUT2D eigenvalue weighted by Crippen LogP contribution is 2.30. The zero-order chi connectivity index (χ0) is 19.2. The third-order valence-corrected chi connectivity index (χ3v) is 3.56. The zero-order valence-corrected chi connectivity index (χ0v) is 14.9. The van der Waals surface area contributed by atoms with E-state index in [2.05, 4.69) is 20.7 Å². The third kappa shape index (κ3) is 5.14. The van der Waals surface area contributed by atoms with E-state index in [1.807, 2.05) is 31.2 Å². The van der Waals surface area contributed by atoms with Crippen LogP contribution in [0.15, 0.2) is 35.5 Å². The molecule has 0 aliphatic rings. The number of para-hydroxylation sites is 1. The van der Waals surface area contributed by atoms with E-state index in [9.17, 15) is 13.2 Å². The van der Waals surface area contributed by atoms with Crippen molar-refractivity contribution in [3.8, 4) is 5.75 Å². The molecule has 1 heterocycles. The first-order chi connectivity index (χ1) is 12.3. The Morgan fingerprint density at radius 1 is 1.23 bits per heavy atom. The Balaban J connectivity index is 2.12. The number of benzene rings is 1. The van der Waals surface area contributed by atoms with E-state index in [1.54, 1.807) is 7.11 Å². The Labute approximate surface area is 150 Å². The molecular weight excluding hydrogens is 347 g/mol. The van der Waals surface area contributed by atoms with Gasteiger partial charge in [-0.05, 0) is 13.0 Å². The van der Waals surface area contributed by atoms with Gasteiger partial charge in [-0.1, -0.05) is 18.2 Å². The molecule has 0 bridgehead atoms. The molecule has 2 N–H and O–H groups in total. The molecule has 2 aromatic rings. The van der Waals surface area contributed by atoms with Gasteiger partial charge in [0.15, 0.2) is 11.7 Å². The summed E-state index contributed by atoms with van der Waals surface area (Å²) < 4.78 is 45.5. The summed E-state index contributed by atoms with van der Waals surface area (Å²) in [6.07, 6.45) is -3.18. The van der Waals surface area contributed by atoms with E-state index in [-0.39, 0.29) is 12.1 Å². The fourth-order valence-corrected chi connectivity index (χ4v) is 2.43. The number of aromatic nitrogens is 2. The average molecular weight is 369 g/mol. The van der Waals surface area contributed by atoms with Crippen LogP contribution in [0, 0.1) is 0 Å². The van der Waals surface area contributed by atoms with E-state index in [4.69, 9.17) is 4.74 Å². The number of aliphatic imine (C=N–C) groups is 1. The van der Waals surface area contributed by atoms with Crippen LogP contribution in [0.2, 0.25) is 0 Å². The number of hydrogen-bond donors (Lipinski definition) is 2. The first-order valence-corrected chi connectivity index (χ1v) is 8.09. The summed E-state index contributed by atoms with van der Waals surface area (Å²) in [5.74, 6) is 1.14. The largest absolute Gasteiger partial charge is 0.496 e. The number of hydrogen-bond acceptors (Lipinski definition) is 3. The Hall–Kier alpha value is -2.71. The SMILES string of the molecule is CCNC(=NCc1cn(C)nc1C(F)(F)F)NCc1ccccc1OC. The van der Waals surface area contributed by atoms with Crippen LogP contribution in [-0.2, 0) is 26.3 Å². The van der Waals surface area contributed by atoms with Crippen molar-refractivity contribution in [2.75, 3.05) is 13.7 Å². The van der Waals surface area contributed by atoms with Crippen molar-refractivity contribution in [1.82, 2.24) is 20.4 Å². The Morgan fingerprint density at radius 2 is 1.96 bits per heavy atom. The van der Waals surface area contributed by atoms with Gasteiger partial charge < -0.3 is 15.4 Å². The monoisotopic (exact) mass is 369 g/mol. The second kappa shape index (κ2) is 8.59. The summed E-state index contributed by atoms with van der Waals surface area (Å²) in [6, 6.07) is 7.49. The van der Waals surface area contributed by atoms with E-state index < -0.39 is 11.9 Å². The summed E-state index contributed by atoms with van der Waals surface area (Å²) >= 11 is 0. The molecule has 0 saturated carbocycles. The highest BCUT2D eigenvalue weighted by molar-refractivity contribution is 5.79. The number of guanidine groups is 1. The molecule has 1 aromatic carbocycles. The molecule has 9 heteroatoms. The van der Waals surface area contributed by atoms with Crippen LogP contribution in [-0.4, -0.2) is 29.4 Å². The lowest BCUT2D eigenvalue weighted by Crippen LogP contribution is -2.36. The molecule has 0 spiro atoms. The van der Waals surface area contributed by atoms with Crippen molar-refractivity contribution in [1.29, 1.82) is 0 Å². The fraction of sp³-hybridized carbons (Fsp3) is 0.412. The maximum absolute atomic E-state index is 13.0. The predicted octanol–water partition coefficient (Wildman–Crippen LogP) is 2.70. The molecule has 0 fully saturated rings. The maximum Gasteiger partial charge on any atom is 0.435 e. The third-order valence-electron chi connectivity index (χ3n) is 3.56. The molecule has 0 aliphatic carbocycles. The van der Waals surface area contributed by atoms with Gasteiger partial charge in [-0.2, -0.15) is 18.3 Å². The van der Waals surface area contributed by atoms with Gasteiger partial charge in [-0.3, -0.25) is 4.68 Å². The van der Waals surface area contributed by atoms with Crippen LogP contribution in [0.4, 0.5) is 13.2 Å². The molecule has 2 rings (SSSR count). The van der Waals surface area contributed by atoms with E-state index >= 15 is 0 Å². The normalized spacial score (nSPS) is 12.2. The summed E-state index contributed by atoms with van der Waals surface area (Å²) in [5, 5.41) is 9.60. The van der Waals surface area contributed by atoms with Crippen LogP contribution in [0.1, 0.15) is 23.7 Å². The van der Waals surface area contributed by atoms with Crippen molar-refractivity contribution in [2.45, 2.75) is 26.2 Å². The van der Waals surface area contributed by atoms with Gasteiger partial charge in [0.25, 0.3) is 0 Å². The Morgan fingerprint density at radius 3 is 2.62 bits per heavy atom. The van der Waals surface area contributed by atoms with E-state index in [1.165, 1.54) is 13.2 Å². The number of alkyl halides is 3. The lowest BCUT2D eigenvalue weighted by Gasteiger charge is -2.13. The molecule has 0 unspecified atom stereocenters. The summed E-state index contributed by atoms with van der Waals surface area (Å²) in [5.41, 5.74) is 0.0248. The molecule has 0 aliphatic heterocycles. The minimum Gasteiger partial charge on any atom is -0.496 e. The number of methoxy groups -OCH3 is 1. The molecule has 0 atom stereocenters. The van der Waals surface area contributed by atoms with Crippen molar-refractivity contribution in [3.05, 3.63) is 47.3 Å². The second-order valence-electron chi connectivity index (χ2n) is 5.53. The van der Waals surface area contributed by atoms with Crippen molar-refractivity contribution in [2.24, 2.45) is 12.0 Å². The van der Waals surface area contributed by atoms with Crippen molar-refractivity contribution >= 4 is 5.96 Å².